The third-order valence-electron chi connectivity index (χ3n) is 3.23. The Kier molecular flexibility index (Phi) is 5.39. The van der Waals surface area contributed by atoms with Gasteiger partial charge in [-0.15, -0.1) is 12.4 Å². The normalized spacial score (nSPS) is 18.2. The maximum atomic E-state index is 6.22. The number of nitrogens with two attached hydrogens (primary N) is 1. The minimum Gasteiger partial charge on any atom is -0.324 e. The van der Waals surface area contributed by atoms with Gasteiger partial charge in [-0.3, -0.25) is 0 Å². The fourth-order valence-electron chi connectivity index (χ4n) is 2.34. The van der Waals surface area contributed by atoms with Crippen LogP contribution in [0.2, 0.25) is 10.0 Å². The monoisotopic (exact) mass is 279 g/mol. The molecule has 0 heterocycles. The van der Waals surface area contributed by atoms with Crippen molar-refractivity contribution in [3.05, 3.63) is 33.8 Å². The maximum absolute atomic E-state index is 6.22. The molecule has 0 amide bonds. The van der Waals surface area contributed by atoms with Crippen molar-refractivity contribution in [2.45, 2.75) is 31.7 Å². The Hall–Kier alpha value is 0.0500. The summed E-state index contributed by atoms with van der Waals surface area (Å²) in [6, 6.07) is 5.65. The van der Waals surface area contributed by atoms with Crippen molar-refractivity contribution in [3.8, 4) is 0 Å². The van der Waals surface area contributed by atoms with E-state index in [0.717, 1.165) is 5.56 Å². The van der Waals surface area contributed by atoms with Crippen LogP contribution in [-0.2, 0) is 0 Å². The molecular weight excluding hydrogens is 264 g/mol. The standard InChI is InChI=1S/C12H15Cl2N.ClH/c13-9-5-6-10(11(14)7-9)12(15)8-3-1-2-4-8;/h5-8,12H,1-4,15H2;1H/t12-;/m1./s1. The lowest BCUT2D eigenvalue weighted by Gasteiger charge is -2.20. The second kappa shape index (κ2) is 6.11. The molecule has 0 saturated heterocycles. The molecule has 1 aliphatic rings. The first-order valence-electron chi connectivity index (χ1n) is 5.39. The molecule has 1 atom stereocenters. The van der Waals surface area contributed by atoms with E-state index in [4.69, 9.17) is 28.9 Å². The van der Waals surface area contributed by atoms with Gasteiger partial charge in [0.25, 0.3) is 0 Å². The summed E-state index contributed by atoms with van der Waals surface area (Å²) in [6.45, 7) is 0. The van der Waals surface area contributed by atoms with Gasteiger partial charge in [-0.2, -0.15) is 0 Å². The number of hydrogen-bond acceptors (Lipinski definition) is 1. The predicted octanol–water partition coefficient (Wildman–Crippen LogP) is 4.61. The summed E-state index contributed by atoms with van der Waals surface area (Å²) in [6.07, 6.45) is 5.04. The van der Waals surface area contributed by atoms with Gasteiger partial charge in [0.05, 0.1) is 0 Å². The van der Waals surface area contributed by atoms with Gasteiger partial charge in [0, 0.05) is 16.1 Å². The van der Waals surface area contributed by atoms with Gasteiger partial charge in [-0.1, -0.05) is 42.1 Å². The summed E-state index contributed by atoms with van der Waals surface area (Å²) in [5, 5.41) is 1.37. The van der Waals surface area contributed by atoms with Crippen molar-refractivity contribution in [1.82, 2.24) is 0 Å². The summed E-state index contributed by atoms with van der Waals surface area (Å²) in [5.74, 6) is 0.587. The highest BCUT2D eigenvalue weighted by molar-refractivity contribution is 6.35. The van der Waals surface area contributed by atoms with Crippen molar-refractivity contribution < 1.29 is 0 Å². The maximum Gasteiger partial charge on any atom is 0.0468 e. The van der Waals surface area contributed by atoms with E-state index in [1.54, 1.807) is 6.07 Å². The third-order valence-corrected chi connectivity index (χ3v) is 3.79. The van der Waals surface area contributed by atoms with E-state index in [0.29, 0.717) is 16.0 Å². The molecule has 16 heavy (non-hydrogen) atoms. The highest BCUT2D eigenvalue weighted by Gasteiger charge is 2.24. The minimum atomic E-state index is 0. The Labute approximate surface area is 113 Å². The topological polar surface area (TPSA) is 26.0 Å². The van der Waals surface area contributed by atoms with E-state index >= 15 is 0 Å². The zero-order valence-electron chi connectivity index (χ0n) is 8.96. The number of halogens is 3. The number of rotatable bonds is 2. The Balaban J connectivity index is 0.00000128. The molecule has 1 aromatic rings. The van der Waals surface area contributed by atoms with Crippen molar-refractivity contribution >= 4 is 35.6 Å². The molecule has 0 unspecified atom stereocenters. The predicted molar refractivity (Wildman–Crippen MR) is 72.6 cm³/mol. The SMILES string of the molecule is Cl.N[C@@H](c1ccc(Cl)cc1Cl)C1CCCC1. The molecule has 2 rings (SSSR count). The summed E-state index contributed by atoms with van der Waals surface area (Å²) in [5.41, 5.74) is 7.26. The van der Waals surface area contributed by atoms with Crippen LogP contribution in [0.4, 0.5) is 0 Å². The van der Waals surface area contributed by atoms with Crippen LogP contribution in [0.15, 0.2) is 18.2 Å². The van der Waals surface area contributed by atoms with E-state index in [1.165, 1.54) is 25.7 Å². The molecule has 1 nitrogen and oxygen atoms in total. The summed E-state index contributed by atoms with van der Waals surface area (Å²) >= 11 is 12.0. The average Bonchev–Trinajstić information content (AvgIpc) is 2.69. The van der Waals surface area contributed by atoms with Crippen LogP contribution >= 0.6 is 35.6 Å². The highest BCUT2D eigenvalue weighted by Crippen LogP contribution is 2.37. The minimum absolute atomic E-state index is 0. The quantitative estimate of drug-likeness (QED) is 0.841. The number of hydrogen-bond donors (Lipinski definition) is 1. The van der Waals surface area contributed by atoms with Gasteiger partial charge in [0.15, 0.2) is 0 Å². The largest absolute Gasteiger partial charge is 0.324 e. The van der Waals surface area contributed by atoms with Gasteiger partial charge in [-0.05, 0) is 36.5 Å². The summed E-state index contributed by atoms with van der Waals surface area (Å²) in [7, 11) is 0. The van der Waals surface area contributed by atoms with Crippen LogP contribution in [0.25, 0.3) is 0 Å². The average molecular weight is 281 g/mol. The van der Waals surface area contributed by atoms with Crippen LogP contribution < -0.4 is 5.73 Å². The lowest BCUT2D eigenvalue weighted by Crippen LogP contribution is -2.19. The Bertz CT molecular complexity index is 348. The Morgan fingerprint density at radius 3 is 2.38 bits per heavy atom. The first kappa shape index (κ1) is 14.1. The lowest BCUT2D eigenvalue weighted by molar-refractivity contribution is 0.445. The molecule has 1 fully saturated rings. The van der Waals surface area contributed by atoms with Crippen LogP contribution in [0, 0.1) is 5.92 Å². The van der Waals surface area contributed by atoms with Crippen molar-refractivity contribution in [1.29, 1.82) is 0 Å². The van der Waals surface area contributed by atoms with Gasteiger partial charge >= 0.3 is 0 Å². The molecule has 1 aliphatic carbocycles. The van der Waals surface area contributed by atoms with Crippen LogP contribution in [0.1, 0.15) is 37.3 Å². The molecule has 0 aliphatic heterocycles. The second-order valence-electron chi connectivity index (χ2n) is 4.24. The Morgan fingerprint density at radius 2 is 1.81 bits per heavy atom. The fourth-order valence-corrected chi connectivity index (χ4v) is 2.88. The van der Waals surface area contributed by atoms with Gasteiger partial charge in [0.2, 0.25) is 0 Å². The molecule has 90 valence electrons. The van der Waals surface area contributed by atoms with Crippen molar-refractivity contribution in [2.75, 3.05) is 0 Å². The third kappa shape index (κ3) is 3.04. The molecule has 1 aromatic carbocycles. The van der Waals surface area contributed by atoms with E-state index in [-0.39, 0.29) is 18.4 Å². The van der Waals surface area contributed by atoms with Gasteiger partial charge in [0.1, 0.15) is 0 Å². The summed E-state index contributed by atoms with van der Waals surface area (Å²) in [4.78, 5) is 0. The zero-order valence-corrected chi connectivity index (χ0v) is 11.3. The molecule has 0 spiro atoms. The van der Waals surface area contributed by atoms with Crippen LogP contribution in [0.3, 0.4) is 0 Å². The van der Waals surface area contributed by atoms with Crippen LogP contribution in [-0.4, -0.2) is 0 Å². The first-order valence-corrected chi connectivity index (χ1v) is 6.14. The molecule has 0 bridgehead atoms. The molecular formula is C12H16Cl3N. The van der Waals surface area contributed by atoms with Crippen molar-refractivity contribution in [2.24, 2.45) is 11.7 Å². The van der Waals surface area contributed by atoms with E-state index in [2.05, 4.69) is 0 Å². The first-order chi connectivity index (χ1) is 7.18. The van der Waals surface area contributed by atoms with Gasteiger partial charge in [-0.25, -0.2) is 0 Å². The lowest BCUT2D eigenvalue weighted by atomic mass is 9.92. The number of benzene rings is 1. The van der Waals surface area contributed by atoms with Crippen molar-refractivity contribution in [3.63, 3.8) is 0 Å². The molecule has 1 saturated carbocycles. The smallest absolute Gasteiger partial charge is 0.0468 e. The Morgan fingerprint density at radius 1 is 1.19 bits per heavy atom. The second-order valence-corrected chi connectivity index (χ2v) is 5.08. The molecule has 2 N–H and O–H groups in total. The van der Waals surface area contributed by atoms with E-state index < -0.39 is 0 Å². The molecule has 0 aromatic heterocycles. The molecule has 0 radical (unpaired) electrons. The zero-order chi connectivity index (χ0) is 10.8. The van der Waals surface area contributed by atoms with Gasteiger partial charge < -0.3 is 5.73 Å². The van der Waals surface area contributed by atoms with E-state index in [9.17, 15) is 0 Å². The van der Waals surface area contributed by atoms with Crippen LogP contribution in [0.5, 0.6) is 0 Å². The molecule has 4 heteroatoms. The fraction of sp³-hybridized carbons (Fsp3) is 0.500. The summed E-state index contributed by atoms with van der Waals surface area (Å²) < 4.78 is 0. The van der Waals surface area contributed by atoms with E-state index in [1.807, 2.05) is 12.1 Å². The highest BCUT2D eigenvalue weighted by atomic mass is 35.5.